The lowest BCUT2D eigenvalue weighted by molar-refractivity contribution is -0.148. The largest absolute Gasteiger partial charge is 0.469 e. The van der Waals surface area contributed by atoms with Crippen LogP contribution in [0.15, 0.2) is 41.8 Å². The first-order valence-corrected chi connectivity index (χ1v) is 7.42. The molecule has 1 aromatic rings. The number of esters is 1. The van der Waals surface area contributed by atoms with Crippen LogP contribution in [0.5, 0.6) is 0 Å². The Morgan fingerprint density at radius 1 is 1.50 bits per heavy atom. The van der Waals surface area contributed by atoms with Gasteiger partial charge < -0.3 is 15.2 Å². The van der Waals surface area contributed by atoms with Crippen molar-refractivity contribution >= 4 is 17.7 Å². The highest BCUT2D eigenvalue weighted by Gasteiger charge is 2.47. The molecule has 20 heavy (non-hydrogen) atoms. The minimum atomic E-state index is -0.798. The molecule has 1 aliphatic heterocycles. The molecule has 0 saturated carbocycles. The highest BCUT2D eigenvalue weighted by atomic mass is 32.2. The quantitative estimate of drug-likeness (QED) is 0.812. The summed E-state index contributed by atoms with van der Waals surface area (Å²) in [5.41, 5.74) is -0.408. The van der Waals surface area contributed by atoms with Crippen molar-refractivity contribution in [3.63, 3.8) is 0 Å². The number of ether oxygens (including phenoxy) is 1. The lowest BCUT2D eigenvalue weighted by Gasteiger charge is -2.36. The Labute approximate surface area is 123 Å². The summed E-state index contributed by atoms with van der Waals surface area (Å²) in [5, 5.41) is 15.4. The molecule has 5 heteroatoms. The van der Waals surface area contributed by atoms with Crippen LogP contribution in [0.1, 0.15) is 12.5 Å². The molecule has 0 aliphatic carbocycles. The monoisotopic (exact) mass is 293 g/mol. The average Bonchev–Trinajstić information content (AvgIpc) is 2.86. The van der Waals surface area contributed by atoms with Crippen molar-refractivity contribution in [2.75, 3.05) is 7.11 Å². The van der Waals surface area contributed by atoms with Gasteiger partial charge in [0, 0.05) is 6.54 Å². The second kappa shape index (κ2) is 6.43. The van der Waals surface area contributed by atoms with Gasteiger partial charge in [-0.05, 0) is 17.9 Å². The minimum Gasteiger partial charge on any atom is -0.469 e. The maximum absolute atomic E-state index is 11.8. The number of carbonyl (C=O) groups excluding carboxylic acids is 1. The van der Waals surface area contributed by atoms with E-state index in [0.717, 1.165) is 5.56 Å². The van der Waals surface area contributed by atoms with Gasteiger partial charge in [0.2, 0.25) is 0 Å². The maximum atomic E-state index is 11.8. The number of carbonyl (C=O) groups is 1. The molecule has 0 bridgehead atoms. The van der Waals surface area contributed by atoms with Crippen molar-refractivity contribution in [3.05, 3.63) is 47.4 Å². The molecule has 0 fully saturated rings. The summed E-state index contributed by atoms with van der Waals surface area (Å²) in [6, 6.07) is 9.88. The van der Waals surface area contributed by atoms with Crippen LogP contribution in [0, 0.1) is 5.92 Å². The van der Waals surface area contributed by atoms with Crippen LogP contribution >= 0.6 is 11.8 Å². The van der Waals surface area contributed by atoms with E-state index in [2.05, 4.69) is 5.32 Å². The molecule has 1 aliphatic rings. The summed E-state index contributed by atoms with van der Waals surface area (Å²) >= 11 is 1.30. The van der Waals surface area contributed by atoms with E-state index in [4.69, 9.17) is 4.74 Å². The molecule has 0 spiro atoms. The van der Waals surface area contributed by atoms with Crippen LogP contribution in [0.3, 0.4) is 0 Å². The maximum Gasteiger partial charge on any atom is 0.310 e. The normalized spacial score (nSPS) is 26.4. The Kier molecular flexibility index (Phi) is 4.86. The van der Waals surface area contributed by atoms with Crippen molar-refractivity contribution in [3.8, 4) is 0 Å². The van der Waals surface area contributed by atoms with E-state index in [-0.39, 0.29) is 5.97 Å². The van der Waals surface area contributed by atoms with E-state index in [1.54, 1.807) is 6.92 Å². The van der Waals surface area contributed by atoms with Gasteiger partial charge in [-0.2, -0.15) is 0 Å². The fourth-order valence-electron chi connectivity index (χ4n) is 2.30. The van der Waals surface area contributed by atoms with Crippen molar-refractivity contribution < 1.29 is 14.6 Å². The summed E-state index contributed by atoms with van der Waals surface area (Å²) in [6.45, 7) is 2.34. The highest BCUT2D eigenvalue weighted by molar-refractivity contribution is 8.02. The molecule has 0 radical (unpaired) electrons. The van der Waals surface area contributed by atoms with Crippen LogP contribution in [0.25, 0.3) is 0 Å². The molecule has 108 valence electrons. The van der Waals surface area contributed by atoms with Gasteiger partial charge in [-0.1, -0.05) is 36.4 Å². The predicted molar refractivity (Wildman–Crippen MR) is 79.9 cm³/mol. The van der Waals surface area contributed by atoms with Crippen molar-refractivity contribution in [2.24, 2.45) is 5.92 Å². The number of benzene rings is 1. The Bertz CT molecular complexity index is 491. The van der Waals surface area contributed by atoms with Crippen LogP contribution in [0.4, 0.5) is 0 Å². The zero-order chi connectivity index (χ0) is 14.6. The van der Waals surface area contributed by atoms with Crippen molar-refractivity contribution in [2.45, 2.75) is 24.4 Å². The molecular weight excluding hydrogens is 274 g/mol. The fraction of sp³-hybridized carbons (Fsp3) is 0.400. The third-order valence-corrected chi connectivity index (χ3v) is 4.61. The summed E-state index contributed by atoms with van der Waals surface area (Å²) in [7, 11) is 1.36. The summed E-state index contributed by atoms with van der Waals surface area (Å²) < 4.78 is 4.82. The van der Waals surface area contributed by atoms with Gasteiger partial charge in [0.25, 0.3) is 0 Å². The minimum absolute atomic E-state index is 0.336. The zero-order valence-corrected chi connectivity index (χ0v) is 12.4. The van der Waals surface area contributed by atoms with E-state index in [9.17, 15) is 9.90 Å². The molecule has 3 unspecified atom stereocenters. The predicted octanol–water partition coefficient (Wildman–Crippen LogP) is 1.90. The highest BCUT2D eigenvalue weighted by Crippen LogP contribution is 2.37. The number of methoxy groups -OCH3 is 1. The molecule has 4 nitrogen and oxygen atoms in total. The molecule has 0 saturated heterocycles. The molecule has 0 amide bonds. The molecule has 0 aromatic heterocycles. The summed E-state index contributed by atoms with van der Waals surface area (Å²) in [5.74, 6) is -0.811. The van der Waals surface area contributed by atoms with E-state index in [0.29, 0.717) is 6.54 Å². The van der Waals surface area contributed by atoms with E-state index >= 15 is 0 Å². The average molecular weight is 293 g/mol. The van der Waals surface area contributed by atoms with Gasteiger partial charge in [0.05, 0.1) is 18.6 Å². The van der Waals surface area contributed by atoms with E-state index < -0.39 is 16.9 Å². The smallest absolute Gasteiger partial charge is 0.310 e. The number of thioether (sulfide) groups is 1. The fourth-order valence-corrected chi connectivity index (χ4v) is 3.35. The lowest BCUT2D eigenvalue weighted by Crippen LogP contribution is -2.56. The Morgan fingerprint density at radius 3 is 2.75 bits per heavy atom. The Hall–Kier alpha value is -1.30. The molecule has 2 N–H and O–H groups in total. The number of hydrogen-bond acceptors (Lipinski definition) is 5. The second-order valence-electron chi connectivity index (χ2n) is 4.81. The molecule has 1 aromatic carbocycles. The van der Waals surface area contributed by atoms with Crippen LogP contribution in [-0.4, -0.2) is 29.2 Å². The third kappa shape index (κ3) is 2.90. The van der Waals surface area contributed by atoms with Crippen LogP contribution in [-0.2, 0) is 16.1 Å². The topological polar surface area (TPSA) is 58.6 Å². The van der Waals surface area contributed by atoms with Gasteiger partial charge >= 0.3 is 5.97 Å². The van der Waals surface area contributed by atoms with Gasteiger partial charge in [-0.25, -0.2) is 0 Å². The summed E-state index contributed by atoms with van der Waals surface area (Å²) in [4.78, 5) is 11.8. The van der Waals surface area contributed by atoms with E-state index in [1.165, 1.54) is 18.9 Å². The van der Waals surface area contributed by atoms with Crippen LogP contribution < -0.4 is 5.32 Å². The first-order chi connectivity index (χ1) is 9.60. The Morgan fingerprint density at radius 2 is 2.20 bits per heavy atom. The molecular formula is C15H19NO3S. The SMILES string of the molecule is COC(=O)C(C)C1(NCc2ccccc2)C=CSC1O. The standard InChI is InChI=1S/C15H19NO3S/c1-11(13(17)19-2)15(8-9-20-14(15)18)16-10-12-6-4-3-5-7-12/h3-9,11,14,16,18H,10H2,1-2H3. The molecule has 1 heterocycles. The number of aliphatic hydroxyl groups excluding tert-OH is 1. The third-order valence-electron chi connectivity index (χ3n) is 3.67. The second-order valence-corrected chi connectivity index (χ2v) is 5.80. The summed E-state index contributed by atoms with van der Waals surface area (Å²) in [6.07, 6.45) is 1.85. The number of rotatable bonds is 5. The van der Waals surface area contributed by atoms with Gasteiger partial charge in [-0.3, -0.25) is 4.79 Å². The Balaban J connectivity index is 2.16. The lowest BCUT2D eigenvalue weighted by atomic mass is 9.85. The first-order valence-electron chi connectivity index (χ1n) is 6.48. The van der Waals surface area contributed by atoms with Gasteiger partial charge in [0.1, 0.15) is 5.44 Å². The number of hydrogen-bond donors (Lipinski definition) is 2. The number of aliphatic hydroxyl groups is 1. The molecule has 2 rings (SSSR count). The molecule has 3 atom stereocenters. The van der Waals surface area contributed by atoms with E-state index in [1.807, 2.05) is 41.8 Å². The van der Waals surface area contributed by atoms with Crippen molar-refractivity contribution in [1.29, 1.82) is 0 Å². The van der Waals surface area contributed by atoms with Gasteiger partial charge in [0.15, 0.2) is 0 Å². The number of nitrogens with one attached hydrogen (secondary N) is 1. The first kappa shape index (κ1) is 15.1. The van der Waals surface area contributed by atoms with Crippen molar-refractivity contribution in [1.82, 2.24) is 5.32 Å². The zero-order valence-electron chi connectivity index (χ0n) is 11.6. The van der Waals surface area contributed by atoms with Gasteiger partial charge in [-0.15, -0.1) is 11.8 Å². The van der Waals surface area contributed by atoms with Crippen LogP contribution in [0.2, 0.25) is 0 Å².